The van der Waals surface area contributed by atoms with Crippen molar-refractivity contribution in [3.05, 3.63) is 70.3 Å². The van der Waals surface area contributed by atoms with Crippen LogP contribution >= 0.6 is 0 Å². The fraction of sp³-hybridized carbons (Fsp3) is 0.200. The molecule has 2 aromatic rings. The highest BCUT2D eigenvalue weighted by molar-refractivity contribution is 5.96. The molecule has 146 valence electrons. The van der Waals surface area contributed by atoms with Crippen LogP contribution in [0.2, 0.25) is 0 Å². The van der Waals surface area contributed by atoms with Gasteiger partial charge in [-0.15, -0.1) is 0 Å². The zero-order valence-electron chi connectivity index (χ0n) is 15.8. The number of nitro benzene ring substituents is 1. The molecule has 2 rings (SSSR count). The van der Waals surface area contributed by atoms with E-state index in [1.165, 1.54) is 31.2 Å². The van der Waals surface area contributed by atoms with Crippen molar-refractivity contribution in [1.29, 1.82) is 0 Å². The van der Waals surface area contributed by atoms with Gasteiger partial charge < -0.3 is 15.0 Å². The quantitative estimate of drug-likeness (QED) is 0.341. The molecule has 0 heterocycles. The molecule has 0 aromatic heterocycles. The number of nitrogens with one attached hydrogen (secondary N) is 1. The molecule has 0 fully saturated rings. The van der Waals surface area contributed by atoms with Gasteiger partial charge in [0, 0.05) is 43.7 Å². The number of esters is 1. The van der Waals surface area contributed by atoms with Crippen molar-refractivity contribution in [2.45, 2.75) is 13.0 Å². The first kappa shape index (κ1) is 20.6. The van der Waals surface area contributed by atoms with Crippen molar-refractivity contribution in [3.63, 3.8) is 0 Å². The van der Waals surface area contributed by atoms with E-state index in [9.17, 15) is 19.7 Å². The molecule has 0 aliphatic heterocycles. The number of ether oxygens (including phenoxy) is 1. The number of benzene rings is 2. The number of non-ortho nitro benzene ring substituents is 1. The molecule has 0 aliphatic rings. The topological polar surface area (TPSA) is 102 Å². The second-order valence-corrected chi connectivity index (χ2v) is 6.20. The number of hydrogen-bond donors (Lipinski definition) is 1. The van der Waals surface area contributed by atoms with E-state index in [-0.39, 0.29) is 5.69 Å². The Balaban J connectivity index is 1.91. The van der Waals surface area contributed by atoms with Gasteiger partial charge in [0.05, 0.1) is 4.92 Å². The predicted molar refractivity (Wildman–Crippen MR) is 107 cm³/mol. The summed E-state index contributed by atoms with van der Waals surface area (Å²) in [5, 5.41) is 13.4. The fourth-order valence-electron chi connectivity index (χ4n) is 2.26. The number of anilines is 2. The number of nitrogens with zero attached hydrogens (tertiary/aromatic N) is 2. The predicted octanol–water partition coefficient (Wildman–Crippen LogP) is 3.24. The summed E-state index contributed by atoms with van der Waals surface area (Å²) >= 11 is 0. The Kier molecular flexibility index (Phi) is 6.86. The zero-order valence-corrected chi connectivity index (χ0v) is 15.8. The molecule has 0 spiro atoms. The van der Waals surface area contributed by atoms with E-state index in [2.05, 4.69) is 5.32 Å². The molecular weight excluding hydrogens is 362 g/mol. The Morgan fingerprint density at radius 2 is 1.86 bits per heavy atom. The number of rotatable bonds is 7. The molecule has 1 N–H and O–H groups in total. The molecule has 2 aromatic carbocycles. The van der Waals surface area contributed by atoms with Gasteiger partial charge in [0.1, 0.15) is 0 Å². The number of carbonyl (C=O) groups is 2. The van der Waals surface area contributed by atoms with Crippen molar-refractivity contribution in [3.8, 4) is 0 Å². The molecule has 0 saturated heterocycles. The van der Waals surface area contributed by atoms with Gasteiger partial charge in [0.15, 0.2) is 6.10 Å². The van der Waals surface area contributed by atoms with Crippen molar-refractivity contribution in [2.75, 3.05) is 24.3 Å². The van der Waals surface area contributed by atoms with Crippen molar-refractivity contribution >= 4 is 35.0 Å². The van der Waals surface area contributed by atoms with E-state index in [0.29, 0.717) is 11.3 Å². The van der Waals surface area contributed by atoms with Crippen molar-refractivity contribution in [2.24, 2.45) is 0 Å². The molecular formula is C20H21N3O5. The third-order valence-electron chi connectivity index (χ3n) is 3.81. The summed E-state index contributed by atoms with van der Waals surface area (Å²) in [5.74, 6) is -1.19. The van der Waals surface area contributed by atoms with Crippen LogP contribution in [-0.2, 0) is 14.3 Å². The third-order valence-corrected chi connectivity index (χ3v) is 3.81. The van der Waals surface area contributed by atoms with Crippen LogP contribution in [0.15, 0.2) is 54.6 Å². The lowest BCUT2D eigenvalue weighted by Crippen LogP contribution is -2.29. The van der Waals surface area contributed by atoms with Gasteiger partial charge in [-0.05, 0) is 42.8 Å². The van der Waals surface area contributed by atoms with Crippen LogP contribution < -0.4 is 10.2 Å². The van der Waals surface area contributed by atoms with Gasteiger partial charge in [-0.2, -0.15) is 0 Å². The second-order valence-electron chi connectivity index (χ2n) is 6.20. The summed E-state index contributed by atoms with van der Waals surface area (Å²) in [5.41, 5.74) is 1.97. The first-order valence-electron chi connectivity index (χ1n) is 8.47. The van der Waals surface area contributed by atoms with Gasteiger partial charge in [-0.1, -0.05) is 12.1 Å². The van der Waals surface area contributed by atoms with E-state index in [0.717, 1.165) is 11.8 Å². The minimum Gasteiger partial charge on any atom is -0.449 e. The molecule has 28 heavy (non-hydrogen) atoms. The number of nitro groups is 1. The molecule has 0 radical (unpaired) electrons. The first-order valence-corrected chi connectivity index (χ1v) is 8.47. The Bertz CT molecular complexity index is 891. The van der Waals surface area contributed by atoms with Crippen LogP contribution in [0.3, 0.4) is 0 Å². The Morgan fingerprint density at radius 3 is 2.46 bits per heavy atom. The van der Waals surface area contributed by atoms with Crippen molar-refractivity contribution < 1.29 is 19.2 Å². The van der Waals surface area contributed by atoms with E-state index < -0.39 is 22.9 Å². The summed E-state index contributed by atoms with van der Waals surface area (Å²) in [6.07, 6.45) is 1.50. The SMILES string of the molecule is CC(OC(=O)/C=C/c1cccc([N+](=O)[O-])c1)C(=O)Nc1ccc(N(C)C)cc1. The Labute approximate surface area is 162 Å². The van der Waals surface area contributed by atoms with E-state index in [4.69, 9.17) is 4.74 Å². The highest BCUT2D eigenvalue weighted by Gasteiger charge is 2.16. The van der Waals surface area contributed by atoms with Gasteiger partial charge in [-0.25, -0.2) is 4.79 Å². The Hall–Kier alpha value is -3.68. The monoisotopic (exact) mass is 383 g/mol. The smallest absolute Gasteiger partial charge is 0.331 e. The van der Waals surface area contributed by atoms with Gasteiger partial charge >= 0.3 is 5.97 Å². The summed E-state index contributed by atoms with van der Waals surface area (Å²) in [7, 11) is 3.83. The number of carbonyl (C=O) groups excluding carboxylic acids is 2. The van der Waals surface area contributed by atoms with E-state index in [1.807, 2.05) is 31.1 Å². The van der Waals surface area contributed by atoms with Crippen molar-refractivity contribution in [1.82, 2.24) is 0 Å². The molecule has 1 atom stereocenters. The van der Waals surface area contributed by atoms with E-state index in [1.54, 1.807) is 18.2 Å². The fourth-order valence-corrected chi connectivity index (χ4v) is 2.26. The van der Waals surface area contributed by atoms with Crippen LogP contribution in [-0.4, -0.2) is 37.0 Å². The van der Waals surface area contributed by atoms with Crippen LogP contribution in [0.25, 0.3) is 6.08 Å². The van der Waals surface area contributed by atoms with E-state index >= 15 is 0 Å². The molecule has 1 amide bonds. The summed E-state index contributed by atoms with van der Waals surface area (Å²) in [6, 6.07) is 13.0. The third kappa shape index (κ3) is 5.94. The summed E-state index contributed by atoms with van der Waals surface area (Å²) in [6.45, 7) is 1.46. The molecule has 1 unspecified atom stereocenters. The lowest BCUT2D eigenvalue weighted by molar-refractivity contribution is -0.384. The van der Waals surface area contributed by atoms with Crippen LogP contribution in [0.4, 0.5) is 17.1 Å². The standard InChI is InChI=1S/C20H21N3O5/c1-14(20(25)21-16-8-10-17(11-9-16)22(2)3)28-19(24)12-7-15-5-4-6-18(13-15)23(26)27/h4-14H,1-3H3,(H,21,25)/b12-7+. The highest BCUT2D eigenvalue weighted by atomic mass is 16.6. The molecule has 0 saturated carbocycles. The number of amides is 1. The maximum atomic E-state index is 12.2. The van der Waals surface area contributed by atoms with Crippen LogP contribution in [0.5, 0.6) is 0 Å². The molecule has 8 heteroatoms. The summed E-state index contributed by atoms with van der Waals surface area (Å²) < 4.78 is 5.07. The normalized spacial score (nSPS) is 11.7. The maximum Gasteiger partial charge on any atom is 0.331 e. The van der Waals surface area contributed by atoms with Crippen LogP contribution in [0, 0.1) is 10.1 Å². The average Bonchev–Trinajstić information content (AvgIpc) is 2.67. The summed E-state index contributed by atoms with van der Waals surface area (Å²) in [4.78, 5) is 36.2. The zero-order chi connectivity index (χ0) is 20.7. The van der Waals surface area contributed by atoms with Gasteiger partial charge in [0.2, 0.25) is 0 Å². The highest BCUT2D eigenvalue weighted by Crippen LogP contribution is 2.16. The average molecular weight is 383 g/mol. The number of hydrogen-bond acceptors (Lipinski definition) is 6. The molecule has 0 bridgehead atoms. The van der Waals surface area contributed by atoms with Gasteiger partial charge in [-0.3, -0.25) is 14.9 Å². The lowest BCUT2D eigenvalue weighted by Gasteiger charge is -2.15. The second kappa shape index (κ2) is 9.31. The maximum absolute atomic E-state index is 12.2. The largest absolute Gasteiger partial charge is 0.449 e. The Morgan fingerprint density at radius 1 is 1.18 bits per heavy atom. The minimum absolute atomic E-state index is 0.0800. The first-order chi connectivity index (χ1) is 13.3. The van der Waals surface area contributed by atoms with Crippen LogP contribution in [0.1, 0.15) is 12.5 Å². The molecule has 8 nitrogen and oxygen atoms in total. The minimum atomic E-state index is -1.00. The molecule has 0 aliphatic carbocycles. The lowest BCUT2D eigenvalue weighted by atomic mass is 10.2. The van der Waals surface area contributed by atoms with Gasteiger partial charge in [0.25, 0.3) is 11.6 Å².